The second kappa shape index (κ2) is 3.34. The molecule has 78 valence electrons. The number of halogens is 1. The van der Waals surface area contributed by atoms with Gasteiger partial charge in [-0.25, -0.2) is 4.39 Å². The summed E-state index contributed by atoms with van der Waals surface area (Å²) >= 11 is 0. The van der Waals surface area contributed by atoms with Crippen LogP contribution in [0, 0.1) is 5.82 Å². The maximum atomic E-state index is 13.3. The lowest BCUT2D eigenvalue weighted by atomic mass is 10.1. The lowest BCUT2D eigenvalue weighted by molar-refractivity contribution is -0.132. The summed E-state index contributed by atoms with van der Waals surface area (Å²) in [6.45, 7) is 1.19. The Morgan fingerprint density at radius 1 is 1.53 bits per heavy atom. The normalized spacial score (nSPS) is 13.3. The average Bonchev–Trinajstić information content (AvgIpc) is 2.44. The van der Waals surface area contributed by atoms with Crippen molar-refractivity contribution in [3.63, 3.8) is 0 Å². The van der Waals surface area contributed by atoms with Crippen LogP contribution in [0.1, 0.15) is 12.5 Å². The molecule has 15 heavy (non-hydrogen) atoms. The van der Waals surface area contributed by atoms with Crippen molar-refractivity contribution in [1.82, 2.24) is 0 Å². The van der Waals surface area contributed by atoms with Crippen LogP contribution in [0.4, 0.5) is 10.1 Å². The highest BCUT2D eigenvalue weighted by Gasteiger charge is 2.21. The first-order chi connectivity index (χ1) is 7.06. The van der Waals surface area contributed by atoms with Crippen LogP contribution in [0.2, 0.25) is 0 Å². The molecule has 0 fully saturated rings. The van der Waals surface area contributed by atoms with Crippen LogP contribution in [0.5, 0.6) is 5.75 Å². The zero-order chi connectivity index (χ0) is 11.0. The summed E-state index contributed by atoms with van der Waals surface area (Å²) in [7, 11) is 0. The third-order valence-electron chi connectivity index (χ3n) is 2.04. The number of ether oxygens (including phenoxy) is 1. The van der Waals surface area contributed by atoms with Gasteiger partial charge in [0.15, 0.2) is 11.6 Å². The van der Waals surface area contributed by atoms with Crippen molar-refractivity contribution in [3.8, 4) is 5.75 Å². The number of anilines is 1. The minimum atomic E-state index is -0.661. The van der Waals surface area contributed by atoms with E-state index in [1.807, 2.05) is 0 Å². The zero-order valence-electron chi connectivity index (χ0n) is 7.96. The fourth-order valence-electron chi connectivity index (χ4n) is 1.46. The SMILES string of the molecule is CC(=O)Oc1cc2c(cc1F)NC(=O)C2. The Balaban J connectivity index is 2.39. The molecular formula is C10H8FNO3. The van der Waals surface area contributed by atoms with Crippen LogP contribution in [-0.4, -0.2) is 11.9 Å². The van der Waals surface area contributed by atoms with Gasteiger partial charge >= 0.3 is 5.97 Å². The molecule has 0 spiro atoms. The van der Waals surface area contributed by atoms with Gasteiger partial charge in [-0.1, -0.05) is 0 Å². The first-order valence-electron chi connectivity index (χ1n) is 4.37. The zero-order valence-corrected chi connectivity index (χ0v) is 7.96. The maximum absolute atomic E-state index is 13.3. The largest absolute Gasteiger partial charge is 0.424 e. The van der Waals surface area contributed by atoms with E-state index in [4.69, 9.17) is 0 Å². The summed E-state index contributed by atoms with van der Waals surface area (Å²) in [5, 5.41) is 2.50. The van der Waals surface area contributed by atoms with Gasteiger partial charge in [0.05, 0.1) is 6.42 Å². The van der Waals surface area contributed by atoms with E-state index in [0.717, 1.165) is 6.07 Å². The summed E-state index contributed by atoms with van der Waals surface area (Å²) in [6, 6.07) is 2.52. The molecule has 0 atom stereocenters. The number of hydrogen-bond acceptors (Lipinski definition) is 3. The molecule has 0 saturated carbocycles. The van der Waals surface area contributed by atoms with Gasteiger partial charge in [0.25, 0.3) is 0 Å². The molecule has 2 rings (SSSR count). The predicted octanol–water partition coefficient (Wildman–Crippen LogP) is 1.25. The van der Waals surface area contributed by atoms with Crippen LogP contribution in [0.25, 0.3) is 0 Å². The van der Waals surface area contributed by atoms with E-state index in [9.17, 15) is 14.0 Å². The first-order valence-corrected chi connectivity index (χ1v) is 4.37. The Labute approximate surface area is 85.0 Å². The van der Waals surface area contributed by atoms with Gasteiger partial charge in [-0.2, -0.15) is 0 Å². The van der Waals surface area contributed by atoms with Crippen LogP contribution < -0.4 is 10.1 Å². The van der Waals surface area contributed by atoms with E-state index in [-0.39, 0.29) is 18.1 Å². The second-order valence-corrected chi connectivity index (χ2v) is 3.26. The van der Waals surface area contributed by atoms with Crippen molar-refractivity contribution < 1.29 is 18.7 Å². The number of benzene rings is 1. The molecule has 1 aliphatic rings. The number of amides is 1. The lowest BCUT2D eigenvalue weighted by Gasteiger charge is -2.05. The van der Waals surface area contributed by atoms with Gasteiger partial charge in [-0.05, 0) is 11.6 Å². The summed E-state index contributed by atoms with van der Waals surface area (Å²) in [5.41, 5.74) is 1.08. The second-order valence-electron chi connectivity index (χ2n) is 3.26. The van der Waals surface area contributed by atoms with Crippen molar-refractivity contribution in [1.29, 1.82) is 0 Å². The van der Waals surface area contributed by atoms with Gasteiger partial charge in [0, 0.05) is 18.7 Å². The van der Waals surface area contributed by atoms with Crippen molar-refractivity contribution in [2.75, 3.05) is 5.32 Å². The number of esters is 1. The topological polar surface area (TPSA) is 55.4 Å². The maximum Gasteiger partial charge on any atom is 0.308 e. The molecule has 0 saturated heterocycles. The highest BCUT2D eigenvalue weighted by molar-refractivity contribution is 5.99. The van der Waals surface area contributed by atoms with Gasteiger partial charge in [0.2, 0.25) is 5.91 Å². The predicted molar refractivity (Wildman–Crippen MR) is 50.0 cm³/mol. The number of carbonyl (C=O) groups excluding carboxylic acids is 2. The highest BCUT2D eigenvalue weighted by atomic mass is 19.1. The third kappa shape index (κ3) is 1.81. The Kier molecular flexibility index (Phi) is 2.15. The minimum absolute atomic E-state index is 0.141. The molecule has 0 bridgehead atoms. The van der Waals surface area contributed by atoms with Crippen LogP contribution in [0.3, 0.4) is 0 Å². The van der Waals surface area contributed by atoms with E-state index < -0.39 is 11.8 Å². The molecule has 1 aromatic carbocycles. The number of carbonyl (C=O) groups is 2. The molecule has 0 aliphatic carbocycles. The fraction of sp³-hybridized carbons (Fsp3) is 0.200. The molecule has 0 unspecified atom stereocenters. The molecule has 1 N–H and O–H groups in total. The number of fused-ring (bicyclic) bond motifs is 1. The van der Waals surface area contributed by atoms with E-state index in [1.165, 1.54) is 13.0 Å². The Bertz CT molecular complexity index is 456. The summed E-state index contributed by atoms with van der Waals surface area (Å²) in [5.74, 6) is -1.58. The monoisotopic (exact) mass is 209 g/mol. The van der Waals surface area contributed by atoms with E-state index in [2.05, 4.69) is 10.1 Å². The van der Waals surface area contributed by atoms with E-state index in [0.29, 0.717) is 11.3 Å². The van der Waals surface area contributed by atoms with Crippen LogP contribution in [0.15, 0.2) is 12.1 Å². The molecule has 4 nitrogen and oxygen atoms in total. The van der Waals surface area contributed by atoms with Crippen molar-refractivity contribution in [3.05, 3.63) is 23.5 Å². The molecule has 1 aromatic rings. The minimum Gasteiger partial charge on any atom is -0.424 e. The van der Waals surface area contributed by atoms with Crippen LogP contribution in [-0.2, 0) is 16.0 Å². The molecule has 1 amide bonds. The number of hydrogen-bond donors (Lipinski definition) is 1. The summed E-state index contributed by atoms with van der Waals surface area (Å²) < 4.78 is 18.0. The Morgan fingerprint density at radius 3 is 2.93 bits per heavy atom. The summed E-state index contributed by atoms with van der Waals surface area (Å²) in [4.78, 5) is 21.7. The van der Waals surface area contributed by atoms with E-state index in [1.54, 1.807) is 0 Å². The van der Waals surface area contributed by atoms with Gasteiger partial charge in [-0.3, -0.25) is 9.59 Å². The number of rotatable bonds is 1. The lowest BCUT2D eigenvalue weighted by Crippen LogP contribution is -2.04. The molecule has 0 aromatic heterocycles. The Morgan fingerprint density at radius 2 is 2.27 bits per heavy atom. The quantitative estimate of drug-likeness (QED) is 0.559. The molecule has 1 heterocycles. The smallest absolute Gasteiger partial charge is 0.308 e. The standard InChI is InChI=1S/C10H8FNO3/c1-5(13)15-9-2-6-3-10(14)12-8(6)4-7(9)11/h2,4H,3H2,1H3,(H,12,14). The van der Waals surface area contributed by atoms with Gasteiger partial charge in [0.1, 0.15) is 0 Å². The Hall–Kier alpha value is -1.91. The highest BCUT2D eigenvalue weighted by Crippen LogP contribution is 2.30. The molecule has 5 heteroatoms. The van der Waals surface area contributed by atoms with Crippen molar-refractivity contribution in [2.24, 2.45) is 0 Å². The van der Waals surface area contributed by atoms with Crippen molar-refractivity contribution >= 4 is 17.6 Å². The number of nitrogens with one attached hydrogen (secondary N) is 1. The van der Waals surface area contributed by atoms with Gasteiger partial charge < -0.3 is 10.1 Å². The molecule has 1 aliphatic heterocycles. The first kappa shape index (κ1) is 9.64. The third-order valence-corrected chi connectivity index (χ3v) is 2.04. The fourth-order valence-corrected chi connectivity index (χ4v) is 1.46. The summed E-state index contributed by atoms with van der Waals surface area (Å²) in [6.07, 6.45) is 0.184. The van der Waals surface area contributed by atoms with Crippen LogP contribution >= 0.6 is 0 Å². The van der Waals surface area contributed by atoms with E-state index >= 15 is 0 Å². The van der Waals surface area contributed by atoms with Crippen molar-refractivity contribution in [2.45, 2.75) is 13.3 Å². The average molecular weight is 209 g/mol. The van der Waals surface area contributed by atoms with Gasteiger partial charge in [-0.15, -0.1) is 0 Å². The molecule has 0 radical (unpaired) electrons. The molecular weight excluding hydrogens is 201 g/mol.